The van der Waals surface area contributed by atoms with E-state index in [4.69, 9.17) is 0 Å². The van der Waals surface area contributed by atoms with Crippen LogP contribution in [0.25, 0.3) is 0 Å². The first-order valence-corrected chi connectivity index (χ1v) is 59.5. The minimum absolute atomic E-state index is 0.917. The topological polar surface area (TPSA) is 0 Å². The lowest BCUT2D eigenvalue weighted by Crippen LogP contribution is -2.28. The molecular formula is C129H198. The highest BCUT2D eigenvalue weighted by molar-refractivity contribution is 5.34. The zero-order valence-electron chi connectivity index (χ0n) is 83.7. The number of hydrogen-bond acceptors (Lipinski definition) is 0. The van der Waals surface area contributed by atoms with Gasteiger partial charge in [0.2, 0.25) is 0 Å². The summed E-state index contributed by atoms with van der Waals surface area (Å²) >= 11 is 0. The summed E-state index contributed by atoms with van der Waals surface area (Å²) in [5.74, 6) is 29.8. The molecule has 0 bridgehead atoms. The smallest absolute Gasteiger partial charge is 0.00945 e. The SMILES string of the molecule is C1=CC2CC2C1.C1=CC2CCC2C=C1.C1=CC2CCCC12.C1=CCc2ccccc2C1.C1C2CC12.C1CC2CC12.C1CC2CC2C1.C1CC2CCC2C1.C1CCC2CC2C1.C1CCC2CCC2C1.C1CCC2CCCC2C1.C1CCC2CCCCC2C1.C1CCC2CCCCC2CC1.C1CCCC2CCCCC2CC1.c1ccc2c(c1)CCC2.c1ccc2c(c1)CCCC2. The van der Waals surface area contributed by atoms with Crippen molar-refractivity contribution in [1.29, 1.82) is 0 Å². The summed E-state index contributed by atoms with van der Waals surface area (Å²) in [5, 5.41) is 0. The molecule has 0 aromatic heterocycles. The van der Waals surface area contributed by atoms with Gasteiger partial charge >= 0.3 is 0 Å². The van der Waals surface area contributed by atoms with Crippen LogP contribution >= 0.6 is 0 Å². The third-order valence-electron chi connectivity index (χ3n) is 40.7. The van der Waals surface area contributed by atoms with E-state index in [1.54, 1.807) is 247 Å². The Hall–Kier alpha value is -3.64. The highest BCUT2D eigenvalue weighted by Gasteiger charge is 2.52. The molecule has 0 nitrogen and oxygen atoms in total. The Morgan fingerprint density at radius 2 is 0.364 bits per heavy atom. The first kappa shape index (κ1) is 97.0. The number of hydrogen-bond donors (Lipinski definition) is 0. The van der Waals surface area contributed by atoms with Gasteiger partial charge in [0.05, 0.1) is 0 Å². The van der Waals surface area contributed by atoms with E-state index < -0.39 is 0 Å². The molecule has 29 aliphatic carbocycles. The van der Waals surface area contributed by atoms with Crippen LogP contribution in [0.5, 0.6) is 0 Å². The van der Waals surface area contributed by atoms with Crippen LogP contribution in [0.3, 0.4) is 0 Å². The van der Waals surface area contributed by atoms with Crippen LogP contribution < -0.4 is 0 Å². The van der Waals surface area contributed by atoms with Gasteiger partial charge in [0.15, 0.2) is 0 Å². The first-order valence-electron chi connectivity index (χ1n) is 59.5. The van der Waals surface area contributed by atoms with Crippen LogP contribution in [0, 0.1) is 154 Å². The predicted molar refractivity (Wildman–Crippen MR) is 557 cm³/mol. The molecule has 22 unspecified atom stereocenters. The van der Waals surface area contributed by atoms with E-state index in [0.717, 1.165) is 83.9 Å². The predicted octanol–water partition coefficient (Wildman–Crippen LogP) is 38.3. The molecule has 0 aliphatic heterocycles. The fraction of sp³-hybridized carbons (Fsp3) is 0.783. The molecule has 0 N–H and O–H groups in total. The van der Waals surface area contributed by atoms with Gasteiger partial charge in [0, 0.05) is 0 Å². The molecule has 129 heavy (non-hydrogen) atoms. The zero-order chi connectivity index (χ0) is 87.1. The molecule has 0 radical (unpaired) electrons. The zero-order valence-corrected chi connectivity index (χ0v) is 83.7. The highest BCUT2D eigenvalue weighted by Crippen LogP contribution is 2.62. The first-order chi connectivity index (χ1) is 64.0. The van der Waals surface area contributed by atoms with Crippen molar-refractivity contribution >= 4 is 0 Å². The van der Waals surface area contributed by atoms with Gasteiger partial charge in [0.1, 0.15) is 0 Å². The van der Waals surface area contributed by atoms with E-state index in [2.05, 4.69) is 134 Å². The lowest BCUT2D eigenvalue weighted by Gasteiger charge is -2.40. The Morgan fingerprint density at radius 1 is 0.140 bits per heavy atom. The number of allylic oxidation sites excluding steroid dienone is 10. The van der Waals surface area contributed by atoms with E-state index in [0.29, 0.717) is 0 Å². The monoisotopic (exact) mass is 1750 g/mol. The molecule has 0 saturated heterocycles. The van der Waals surface area contributed by atoms with Crippen molar-refractivity contribution in [3.8, 4) is 0 Å². The van der Waals surface area contributed by atoms with Crippen molar-refractivity contribution in [2.24, 2.45) is 154 Å². The summed E-state index contributed by atoms with van der Waals surface area (Å²) in [4.78, 5) is 0. The highest BCUT2D eigenvalue weighted by atomic mass is 14.6. The molecule has 23 fully saturated rings. The Morgan fingerprint density at radius 3 is 0.581 bits per heavy atom. The maximum Gasteiger partial charge on any atom is -0.00945 e. The maximum absolute atomic E-state index is 2.36. The van der Waals surface area contributed by atoms with Crippen LogP contribution in [0.15, 0.2) is 134 Å². The van der Waals surface area contributed by atoms with Gasteiger partial charge in [0.25, 0.3) is 0 Å². The molecule has 3 aromatic carbocycles. The summed E-state index contributed by atoms with van der Waals surface area (Å²) in [6, 6.07) is 26.2. The molecule has 0 heteroatoms. The van der Waals surface area contributed by atoms with Gasteiger partial charge in [-0.15, -0.1) is 0 Å². The van der Waals surface area contributed by atoms with Crippen molar-refractivity contribution in [3.05, 3.63) is 167 Å². The molecule has 32 rings (SSSR count). The number of rotatable bonds is 0. The molecule has 0 spiro atoms. The molecule has 29 aliphatic rings. The average Bonchev–Trinajstić information content (AvgIpc) is 1.59. The number of aryl methyl sites for hydroxylation is 4. The van der Waals surface area contributed by atoms with Crippen molar-refractivity contribution < 1.29 is 0 Å². The Labute approximate surface area is 797 Å². The summed E-state index contributed by atoms with van der Waals surface area (Å²) in [6.45, 7) is 0. The van der Waals surface area contributed by atoms with Gasteiger partial charge in [-0.2, -0.15) is 0 Å². The molecule has 3 aromatic rings. The van der Waals surface area contributed by atoms with Gasteiger partial charge in [-0.05, 0) is 354 Å². The quantitative estimate of drug-likeness (QED) is 0.197. The second-order valence-electron chi connectivity index (χ2n) is 49.4. The number of benzene rings is 3. The molecule has 714 valence electrons. The van der Waals surface area contributed by atoms with E-state index in [1.165, 1.54) is 338 Å². The van der Waals surface area contributed by atoms with E-state index in [-0.39, 0.29) is 0 Å². The van der Waals surface area contributed by atoms with Crippen LogP contribution in [0.4, 0.5) is 0 Å². The Balaban J connectivity index is 0.0000000970. The summed E-state index contributed by atoms with van der Waals surface area (Å²) in [6.07, 6.45) is 136. The minimum Gasteiger partial charge on any atom is -0.0880 e. The third kappa shape index (κ3) is 32.0. The molecule has 22 atom stereocenters. The third-order valence-corrected chi connectivity index (χ3v) is 40.7. The Bertz CT molecular complexity index is 3550. The van der Waals surface area contributed by atoms with Crippen LogP contribution in [-0.2, 0) is 38.5 Å². The van der Waals surface area contributed by atoms with E-state index >= 15 is 0 Å². The lowest BCUT2D eigenvalue weighted by molar-refractivity contribution is 0.115. The van der Waals surface area contributed by atoms with E-state index in [9.17, 15) is 0 Å². The molecule has 0 heterocycles. The van der Waals surface area contributed by atoms with Crippen LogP contribution in [-0.4, -0.2) is 0 Å². The van der Waals surface area contributed by atoms with Crippen LogP contribution in [0.2, 0.25) is 0 Å². The summed E-state index contributed by atoms with van der Waals surface area (Å²) in [7, 11) is 0. The van der Waals surface area contributed by atoms with E-state index in [1.807, 2.05) is 0 Å². The molecule has 23 saturated carbocycles. The lowest BCUT2D eigenvalue weighted by atomic mass is 9.66. The van der Waals surface area contributed by atoms with Crippen molar-refractivity contribution in [2.45, 2.75) is 482 Å². The van der Waals surface area contributed by atoms with Crippen molar-refractivity contribution in [3.63, 3.8) is 0 Å². The fourth-order valence-corrected chi connectivity index (χ4v) is 30.1. The summed E-state index contributed by atoms with van der Waals surface area (Å²) < 4.78 is 0. The Kier molecular flexibility index (Phi) is 39.7. The largest absolute Gasteiger partial charge is 0.0880 e. The average molecular weight is 1750 g/mol. The molecular weight excluding hydrogens is 1550 g/mol. The fourth-order valence-electron chi connectivity index (χ4n) is 30.1. The van der Waals surface area contributed by atoms with Crippen molar-refractivity contribution in [2.75, 3.05) is 0 Å². The maximum atomic E-state index is 2.36. The number of fused-ring (bicyclic) bond motifs is 16. The minimum atomic E-state index is 0.917. The van der Waals surface area contributed by atoms with Gasteiger partial charge < -0.3 is 0 Å². The van der Waals surface area contributed by atoms with Gasteiger partial charge in [-0.25, -0.2) is 0 Å². The van der Waals surface area contributed by atoms with Gasteiger partial charge in [-0.1, -0.05) is 448 Å². The van der Waals surface area contributed by atoms with Crippen molar-refractivity contribution in [1.82, 2.24) is 0 Å². The molecule has 0 amide bonds. The van der Waals surface area contributed by atoms with Crippen LogP contribution in [0.1, 0.15) is 476 Å². The second-order valence-corrected chi connectivity index (χ2v) is 49.4. The van der Waals surface area contributed by atoms with Gasteiger partial charge in [-0.3, -0.25) is 0 Å². The summed E-state index contributed by atoms with van der Waals surface area (Å²) in [5.41, 5.74) is 9.27. The normalized spacial score (nSPS) is 38.5. The second kappa shape index (κ2) is 52.8. The standard InChI is InChI=1S/C12H22.C11H20.C10H18.C10H12.C10H10.C9H16.C9H10.C8H14.C8H10.C7H12.C7H10.C7H12.C6H10.C6H8.C5H8.C4H6/c1-2-4-8-12-10-6-5-9-11(12)7-3-1;1-2-6-10-8-4-5-9-11(10)7-3-1;3*1-2-6-10-8-4-3-7-9(10)5-1;2*1-2-5-9-7-3-6-8(9)4-1;2*1-2-4-8-6-5-7(8)3-1;2*1-2-6-4-5-7(6)3-1;1-2-4-7-5-6(7)3-1;2*1-2-5-4-6(5)3-1;1-2-5-3-4(1)5;1-3-2-4(1)3/h11-12H,1-10H2;10-11H,1-9H2;9-10H,1-8H2;1-2,5-6H,3-4,7-8H2;1-6H,7-8H2;8-9H,1-7H2;1-2,4-5H,3,6-7H2;7-8H,1-6H2;1-4,7-8H,5-6H2;6-7H,1-5H2;4-7H,1-3H2;6-7H,1-5H2;5-6H,1-4H2;1-2,5-6H,3-4H2;4-5H,1-3H2;3-4H,1-2H2.